The Labute approximate surface area is 213 Å². The molecule has 0 aromatic carbocycles. The maximum Gasteiger partial charge on any atom is 0.234 e. The molecule has 35 heavy (non-hydrogen) atoms. The van der Waals surface area contributed by atoms with Gasteiger partial charge in [-0.2, -0.15) is 0 Å². The first kappa shape index (κ1) is 24.2. The molecule has 3 aliphatic rings. The van der Waals surface area contributed by atoms with Crippen molar-refractivity contribution >= 4 is 45.0 Å². The minimum Gasteiger partial charge on any atom is -0.505 e. The number of nitrogens with one attached hydrogen (secondary N) is 1. The predicted octanol–water partition coefficient (Wildman–Crippen LogP) is 4.93. The zero-order valence-electron chi connectivity index (χ0n) is 20.1. The molecule has 7 nitrogen and oxygen atoms in total. The number of likely N-dealkylation sites (tertiary alicyclic amines) is 1. The molecule has 2 unspecified atom stereocenters. The lowest BCUT2D eigenvalue weighted by atomic mass is 10.1. The van der Waals surface area contributed by atoms with Crippen LogP contribution in [0.2, 0.25) is 5.15 Å². The number of nitrogens with zero attached hydrogens (tertiary/aromatic N) is 3. The molecule has 9 heteroatoms. The number of piperidine rings is 2. The van der Waals surface area contributed by atoms with Gasteiger partial charge in [0.05, 0.1) is 28.6 Å². The minimum absolute atomic E-state index is 0.0732. The van der Waals surface area contributed by atoms with Crippen LogP contribution in [0.25, 0.3) is 21.5 Å². The summed E-state index contributed by atoms with van der Waals surface area (Å²) in [6, 6.07) is 5.27. The Morgan fingerprint density at radius 1 is 1.17 bits per heavy atom. The van der Waals surface area contributed by atoms with Crippen LogP contribution in [0.1, 0.15) is 43.6 Å². The number of aryl methyl sites for hydroxylation is 1. The molecule has 3 fully saturated rings. The Kier molecular flexibility index (Phi) is 6.32. The zero-order valence-corrected chi connectivity index (χ0v) is 21.7. The third-order valence-electron chi connectivity index (χ3n) is 7.28. The van der Waals surface area contributed by atoms with Crippen LogP contribution in [-0.2, 0) is 16.1 Å². The molecule has 0 bridgehead atoms. The Morgan fingerprint density at radius 3 is 2.46 bits per heavy atom. The molecule has 1 saturated carbocycles. The van der Waals surface area contributed by atoms with Crippen molar-refractivity contribution in [3.8, 4) is 17.0 Å². The van der Waals surface area contributed by atoms with Crippen molar-refractivity contribution in [2.75, 3.05) is 13.1 Å². The average Bonchev–Trinajstić information content (AvgIpc) is 3.09. The van der Waals surface area contributed by atoms with Crippen LogP contribution in [0.4, 0.5) is 0 Å². The Bertz CT molecular complexity index is 1280. The van der Waals surface area contributed by atoms with Crippen molar-refractivity contribution in [1.82, 2.24) is 20.2 Å². The molecule has 6 rings (SSSR count). The number of hydrogen-bond donors (Lipinski definition) is 2. The third-order valence-corrected chi connectivity index (χ3v) is 8.62. The molecule has 2 N–H and O–H groups in total. The van der Waals surface area contributed by atoms with Gasteiger partial charge in [-0.3, -0.25) is 19.5 Å². The topological polar surface area (TPSA) is 95.4 Å². The SMILES string of the molecule is C1CCNCC1.Cc1cc(Cl)nc(-c2ccnc3cc(CN4C(=O)C5C(C4=O)C5(C)C)sc23)c1O. The fraction of sp³-hybridized carbons (Fsp3) is 0.462. The molecule has 2 atom stereocenters. The molecular weight excluding hydrogens is 484 g/mol. The number of rotatable bonds is 3. The fourth-order valence-corrected chi connectivity index (χ4v) is 6.55. The molecule has 3 aromatic rings. The van der Waals surface area contributed by atoms with Crippen molar-refractivity contribution in [2.45, 2.75) is 46.6 Å². The van der Waals surface area contributed by atoms with Gasteiger partial charge in [0.15, 0.2) is 0 Å². The first-order chi connectivity index (χ1) is 16.7. The third kappa shape index (κ3) is 4.32. The minimum atomic E-state index is -0.215. The molecule has 2 aliphatic heterocycles. The summed E-state index contributed by atoms with van der Waals surface area (Å²) in [6.45, 7) is 8.45. The number of imide groups is 1. The van der Waals surface area contributed by atoms with E-state index in [9.17, 15) is 14.7 Å². The van der Waals surface area contributed by atoms with Crippen LogP contribution in [0.3, 0.4) is 0 Å². The van der Waals surface area contributed by atoms with Crippen LogP contribution < -0.4 is 5.32 Å². The van der Waals surface area contributed by atoms with Crippen molar-refractivity contribution in [1.29, 1.82) is 0 Å². The van der Waals surface area contributed by atoms with Crippen molar-refractivity contribution in [2.24, 2.45) is 17.3 Å². The number of carbonyl (C=O) groups is 2. The number of aromatic hydroxyl groups is 1. The lowest BCUT2D eigenvalue weighted by Gasteiger charge is -2.19. The number of fused-ring (bicyclic) bond motifs is 2. The lowest BCUT2D eigenvalue weighted by Crippen LogP contribution is -2.35. The summed E-state index contributed by atoms with van der Waals surface area (Å²) in [5.74, 6) is -0.466. The van der Waals surface area contributed by atoms with E-state index in [1.54, 1.807) is 25.3 Å². The largest absolute Gasteiger partial charge is 0.505 e. The Morgan fingerprint density at radius 2 is 1.86 bits per heavy atom. The van der Waals surface area contributed by atoms with E-state index in [2.05, 4.69) is 15.3 Å². The highest BCUT2D eigenvalue weighted by atomic mass is 35.5. The van der Waals surface area contributed by atoms with E-state index < -0.39 is 0 Å². The maximum absolute atomic E-state index is 12.6. The van der Waals surface area contributed by atoms with E-state index >= 15 is 0 Å². The monoisotopic (exact) mass is 512 g/mol. The van der Waals surface area contributed by atoms with E-state index in [4.69, 9.17) is 11.6 Å². The summed E-state index contributed by atoms with van der Waals surface area (Å²) in [6.07, 6.45) is 5.86. The van der Waals surface area contributed by atoms with Gasteiger partial charge in [0.1, 0.15) is 16.6 Å². The summed E-state index contributed by atoms with van der Waals surface area (Å²) in [7, 11) is 0. The normalized spacial score (nSPS) is 22.7. The first-order valence-electron chi connectivity index (χ1n) is 12.0. The number of aromatic nitrogens is 2. The summed E-state index contributed by atoms with van der Waals surface area (Å²) in [5.41, 5.74) is 2.26. The average molecular weight is 513 g/mol. The molecule has 0 spiro atoms. The van der Waals surface area contributed by atoms with Crippen LogP contribution >= 0.6 is 22.9 Å². The van der Waals surface area contributed by atoms with Gasteiger partial charge in [0.2, 0.25) is 11.8 Å². The molecule has 2 saturated heterocycles. The molecular formula is C26H29ClN4O3S. The van der Waals surface area contributed by atoms with Crippen molar-refractivity contribution in [3.63, 3.8) is 0 Å². The Hall–Kier alpha value is -2.55. The van der Waals surface area contributed by atoms with Gasteiger partial charge in [-0.25, -0.2) is 4.98 Å². The van der Waals surface area contributed by atoms with Crippen LogP contribution in [0, 0.1) is 24.2 Å². The zero-order chi connectivity index (χ0) is 24.9. The van der Waals surface area contributed by atoms with E-state index in [-0.39, 0.29) is 41.4 Å². The van der Waals surface area contributed by atoms with E-state index in [1.165, 1.54) is 48.6 Å². The van der Waals surface area contributed by atoms with Gasteiger partial charge >= 0.3 is 0 Å². The van der Waals surface area contributed by atoms with Crippen LogP contribution in [0.15, 0.2) is 24.4 Å². The molecule has 5 heterocycles. The lowest BCUT2D eigenvalue weighted by molar-refractivity contribution is -0.143. The highest BCUT2D eigenvalue weighted by molar-refractivity contribution is 7.19. The maximum atomic E-state index is 12.6. The van der Waals surface area contributed by atoms with Gasteiger partial charge < -0.3 is 10.4 Å². The van der Waals surface area contributed by atoms with Gasteiger partial charge in [-0.15, -0.1) is 11.3 Å². The number of hydrogen-bond acceptors (Lipinski definition) is 7. The first-order valence-corrected chi connectivity index (χ1v) is 13.2. The number of carbonyl (C=O) groups excluding carboxylic acids is 2. The van der Waals surface area contributed by atoms with E-state index in [0.717, 1.165) is 20.7 Å². The van der Waals surface area contributed by atoms with Gasteiger partial charge in [0, 0.05) is 16.6 Å². The smallest absolute Gasteiger partial charge is 0.234 e. The van der Waals surface area contributed by atoms with Gasteiger partial charge in [-0.05, 0) is 62.0 Å². The van der Waals surface area contributed by atoms with E-state index in [0.29, 0.717) is 16.4 Å². The second-order valence-electron chi connectivity index (χ2n) is 10.1. The van der Waals surface area contributed by atoms with Gasteiger partial charge in [-0.1, -0.05) is 31.9 Å². The van der Waals surface area contributed by atoms with Crippen molar-refractivity contribution < 1.29 is 14.7 Å². The summed E-state index contributed by atoms with van der Waals surface area (Å²) >= 11 is 7.54. The molecule has 184 valence electrons. The molecule has 0 radical (unpaired) electrons. The summed E-state index contributed by atoms with van der Waals surface area (Å²) in [4.78, 5) is 36.2. The second-order valence-corrected chi connectivity index (χ2v) is 11.6. The molecule has 2 amide bonds. The highest BCUT2D eigenvalue weighted by Gasteiger charge is 2.72. The number of amides is 2. The number of pyridine rings is 2. The van der Waals surface area contributed by atoms with Crippen molar-refractivity contribution in [3.05, 3.63) is 40.0 Å². The van der Waals surface area contributed by atoms with Crippen LogP contribution in [0.5, 0.6) is 5.75 Å². The molecule has 1 aliphatic carbocycles. The Balaban J connectivity index is 0.000000371. The standard InChI is InChI=1S/C21H18ClN3O3S.C5H11N/c1-9-6-13(22)24-16(17(9)26)11-4-5-23-12-7-10(29-18(11)12)8-25-19(27)14-15(20(25)28)21(14,2)3;1-2-4-6-5-3-1/h4-7,14-15,26H,8H2,1-3H3;6H,1-5H2. The quantitative estimate of drug-likeness (QED) is 0.382. The van der Waals surface area contributed by atoms with E-state index in [1.807, 2.05) is 19.9 Å². The number of thiophene rings is 1. The van der Waals surface area contributed by atoms with Crippen LogP contribution in [-0.4, -0.2) is 44.9 Å². The summed E-state index contributed by atoms with van der Waals surface area (Å²) in [5, 5.41) is 14.1. The predicted molar refractivity (Wildman–Crippen MR) is 137 cm³/mol. The number of halogens is 1. The fourth-order valence-electron chi connectivity index (χ4n) is 5.18. The second kappa shape index (κ2) is 9.15. The molecule has 3 aromatic heterocycles. The van der Waals surface area contributed by atoms with Gasteiger partial charge in [0.25, 0.3) is 0 Å². The highest BCUT2D eigenvalue weighted by Crippen LogP contribution is 2.63. The summed E-state index contributed by atoms with van der Waals surface area (Å²) < 4.78 is 0.830.